The van der Waals surface area contributed by atoms with E-state index in [1.54, 1.807) is 0 Å². The van der Waals surface area contributed by atoms with Gasteiger partial charge in [0, 0.05) is 25.4 Å². The maximum Gasteiger partial charge on any atom is 0.224 e. The minimum Gasteiger partial charge on any atom is -0.368 e. The van der Waals surface area contributed by atoms with Crippen LogP contribution in [-0.4, -0.2) is 61.5 Å². The molecule has 1 amide bonds. The predicted octanol–water partition coefficient (Wildman–Crippen LogP) is 1.92. The van der Waals surface area contributed by atoms with Crippen LogP contribution in [0.25, 0.3) is 0 Å². The molecule has 0 aromatic carbocycles. The Morgan fingerprint density at radius 3 is 2.73 bits per heavy atom. The van der Waals surface area contributed by atoms with Crippen molar-refractivity contribution < 1.29 is 23.9 Å². The molecule has 0 aromatic rings. The molecule has 30 heavy (non-hydrogen) atoms. The van der Waals surface area contributed by atoms with Crippen LogP contribution in [0.15, 0.2) is 0 Å². The third-order valence-electron chi connectivity index (χ3n) is 7.60. The number of rotatable bonds is 8. The van der Waals surface area contributed by atoms with E-state index in [0.29, 0.717) is 31.9 Å². The molecule has 2 saturated carbocycles. The number of carbonyl (C=O) groups is 3. The van der Waals surface area contributed by atoms with Crippen molar-refractivity contribution in [3.05, 3.63) is 0 Å². The number of hydrogen-bond acceptors (Lipinski definition) is 6. The van der Waals surface area contributed by atoms with E-state index >= 15 is 0 Å². The van der Waals surface area contributed by atoms with Gasteiger partial charge in [0.2, 0.25) is 5.91 Å². The molecule has 4 unspecified atom stereocenters. The normalized spacial score (nSPS) is 33.3. The van der Waals surface area contributed by atoms with E-state index in [-0.39, 0.29) is 36.6 Å². The van der Waals surface area contributed by atoms with Gasteiger partial charge in [-0.05, 0) is 38.0 Å². The molecule has 7 nitrogen and oxygen atoms in total. The Balaban J connectivity index is 1.41. The van der Waals surface area contributed by atoms with Gasteiger partial charge in [-0.25, -0.2) is 0 Å². The van der Waals surface area contributed by atoms with E-state index in [0.717, 1.165) is 25.8 Å². The first-order chi connectivity index (χ1) is 14.6. The minimum atomic E-state index is -0.869. The number of hydrogen-bond donors (Lipinski definition) is 2. The maximum atomic E-state index is 13.3. The zero-order chi connectivity index (χ0) is 21.0. The van der Waals surface area contributed by atoms with E-state index in [2.05, 4.69) is 10.6 Å². The van der Waals surface area contributed by atoms with Crippen LogP contribution in [0.2, 0.25) is 0 Å². The number of morpholine rings is 1. The summed E-state index contributed by atoms with van der Waals surface area (Å²) in [5, 5.41) is 6.27. The molecule has 2 aliphatic carbocycles. The molecule has 2 aliphatic heterocycles. The lowest BCUT2D eigenvalue weighted by atomic mass is 9.82. The van der Waals surface area contributed by atoms with Crippen molar-refractivity contribution in [3.8, 4) is 0 Å². The van der Waals surface area contributed by atoms with Gasteiger partial charge < -0.3 is 20.1 Å². The third-order valence-corrected chi connectivity index (χ3v) is 7.60. The van der Waals surface area contributed by atoms with Crippen molar-refractivity contribution in [3.63, 3.8) is 0 Å². The van der Waals surface area contributed by atoms with Gasteiger partial charge in [-0.3, -0.25) is 14.4 Å². The lowest BCUT2D eigenvalue weighted by molar-refractivity contribution is -0.138. The van der Waals surface area contributed by atoms with Crippen molar-refractivity contribution in [2.24, 2.45) is 11.8 Å². The van der Waals surface area contributed by atoms with Gasteiger partial charge in [0.25, 0.3) is 0 Å². The molecule has 7 heteroatoms. The zero-order valence-corrected chi connectivity index (χ0v) is 18.0. The summed E-state index contributed by atoms with van der Waals surface area (Å²) in [7, 11) is 0. The summed E-state index contributed by atoms with van der Waals surface area (Å²) in [6.45, 7) is 1.86. The van der Waals surface area contributed by atoms with Crippen LogP contribution >= 0.6 is 0 Å². The number of ketones is 2. The van der Waals surface area contributed by atoms with Crippen LogP contribution in [-0.2, 0) is 23.9 Å². The molecule has 2 heterocycles. The number of carbonyl (C=O) groups excluding carboxylic acids is 3. The van der Waals surface area contributed by atoms with E-state index in [9.17, 15) is 14.4 Å². The molecule has 4 atom stereocenters. The highest BCUT2D eigenvalue weighted by atomic mass is 16.5. The SMILES string of the molecule is O=C(NC12CCCC1OCC2=O)C(CCC1CCCCC1)CC(=O)C1CNCCO1. The fourth-order valence-corrected chi connectivity index (χ4v) is 5.74. The summed E-state index contributed by atoms with van der Waals surface area (Å²) in [6.07, 6.45) is 9.74. The lowest BCUT2D eigenvalue weighted by Crippen LogP contribution is -2.57. The summed E-state index contributed by atoms with van der Waals surface area (Å²) in [5.74, 6) is 0.0456. The largest absolute Gasteiger partial charge is 0.368 e. The van der Waals surface area contributed by atoms with Crippen molar-refractivity contribution in [1.82, 2.24) is 10.6 Å². The average Bonchev–Trinajstić information content (AvgIpc) is 3.31. The van der Waals surface area contributed by atoms with Gasteiger partial charge in [0.15, 0.2) is 11.6 Å². The number of Topliss-reactive ketones (excluding diaryl/α,β-unsaturated/α-hetero) is 2. The minimum absolute atomic E-state index is 0.0135. The standard InChI is InChI=1S/C23H36N2O5/c26-18(19-14-24-11-12-29-19)13-17(9-8-16-5-2-1-3-6-16)22(28)25-23-10-4-7-21(23)30-15-20(23)27/h16-17,19,21,24H,1-15H2,(H,25,28). The van der Waals surface area contributed by atoms with Crippen molar-refractivity contribution in [2.75, 3.05) is 26.3 Å². The van der Waals surface area contributed by atoms with Crippen LogP contribution in [0.5, 0.6) is 0 Å². The number of fused-ring (bicyclic) bond motifs is 1. The van der Waals surface area contributed by atoms with Crippen molar-refractivity contribution in [2.45, 2.75) is 88.4 Å². The highest BCUT2D eigenvalue weighted by Crippen LogP contribution is 2.38. The molecule has 4 fully saturated rings. The summed E-state index contributed by atoms with van der Waals surface area (Å²) in [4.78, 5) is 38.8. The Morgan fingerprint density at radius 1 is 1.13 bits per heavy atom. The molecule has 2 N–H and O–H groups in total. The summed E-state index contributed by atoms with van der Waals surface area (Å²) in [5.41, 5.74) is -0.869. The Kier molecular flexibility index (Phi) is 7.21. The van der Waals surface area contributed by atoms with E-state index in [1.165, 1.54) is 32.1 Å². The second-order valence-electron chi connectivity index (χ2n) is 9.59. The van der Waals surface area contributed by atoms with Gasteiger partial charge in [-0.1, -0.05) is 32.1 Å². The topological polar surface area (TPSA) is 93.7 Å². The first-order valence-electron chi connectivity index (χ1n) is 11.9. The Labute approximate surface area is 179 Å². The summed E-state index contributed by atoms with van der Waals surface area (Å²) >= 11 is 0. The molecule has 0 spiro atoms. The van der Waals surface area contributed by atoms with Gasteiger partial charge in [0.1, 0.15) is 18.2 Å². The monoisotopic (exact) mass is 420 g/mol. The Hall–Kier alpha value is -1.31. The van der Waals surface area contributed by atoms with Crippen LogP contribution < -0.4 is 10.6 Å². The van der Waals surface area contributed by atoms with Crippen molar-refractivity contribution in [1.29, 1.82) is 0 Å². The molecule has 0 aromatic heterocycles. The smallest absolute Gasteiger partial charge is 0.224 e. The number of nitrogens with one attached hydrogen (secondary N) is 2. The number of amides is 1. The molecule has 0 radical (unpaired) electrons. The molecular formula is C23H36N2O5. The van der Waals surface area contributed by atoms with E-state index in [4.69, 9.17) is 9.47 Å². The zero-order valence-electron chi connectivity index (χ0n) is 18.0. The molecule has 4 aliphatic rings. The van der Waals surface area contributed by atoms with Crippen LogP contribution in [0.1, 0.15) is 70.6 Å². The third kappa shape index (κ3) is 4.78. The van der Waals surface area contributed by atoms with Gasteiger partial charge in [-0.15, -0.1) is 0 Å². The maximum absolute atomic E-state index is 13.3. The molecule has 2 saturated heterocycles. The van der Waals surface area contributed by atoms with E-state index < -0.39 is 17.6 Å². The fraction of sp³-hybridized carbons (Fsp3) is 0.870. The first-order valence-corrected chi connectivity index (χ1v) is 11.9. The van der Waals surface area contributed by atoms with Crippen LogP contribution in [0, 0.1) is 11.8 Å². The average molecular weight is 421 g/mol. The lowest BCUT2D eigenvalue weighted by Gasteiger charge is -2.31. The highest BCUT2D eigenvalue weighted by Gasteiger charge is 2.55. The predicted molar refractivity (Wildman–Crippen MR) is 111 cm³/mol. The first kappa shape index (κ1) is 21.9. The van der Waals surface area contributed by atoms with Gasteiger partial charge in [0.05, 0.1) is 12.7 Å². The van der Waals surface area contributed by atoms with E-state index in [1.807, 2.05) is 0 Å². The quantitative estimate of drug-likeness (QED) is 0.623. The van der Waals surface area contributed by atoms with Gasteiger partial charge >= 0.3 is 0 Å². The molecule has 168 valence electrons. The molecule has 4 rings (SSSR count). The fourth-order valence-electron chi connectivity index (χ4n) is 5.74. The number of ether oxygens (including phenoxy) is 2. The van der Waals surface area contributed by atoms with Gasteiger partial charge in [-0.2, -0.15) is 0 Å². The van der Waals surface area contributed by atoms with Crippen molar-refractivity contribution >= 4 is 17.5 Å². The Morgan fingerprint density at radius 2 is 1.97 bits per heavy atom. The van der Waals surface area contributed by atoms with Crippen LogP contribution in [0.4, 0.5) is 0 Å². The second-order valence-corrected chi connectivity index (χ2v) is 9.59. The second kappa shape index (κ2) is 9.88. The molecule has 0 bridgehead atoms. The highest BCUT2D eigenvalue weighted by molar-refractivity contribution is 5.97. The summed E-state index contributed by atoms with van der Waals surface area (Å²) in [6, 6.07) is 0. The summed E-state index contributed by atoms with van der Waals surface area (Å²) < 4.78 is 11.3. The van der Waals surface area contributed by atoms with Crippen LogP contribution in [0.3, 0.4) is 0 Å². The Bertz CT molecular complexity index is 642. The molecular weight excluding hydrogens is 384 g/mol.